The molecule has 6 nitrogen and oxygen atoms in total. The van der Waals surface area contributed by atoms with Gasteiger partial charge < -0.3 is 5.32 Å². The van der Waals surface area contributed by atoms with Crippen LogP contribution in [0.25, 0.3) is 0 Å². The van der Waals surface area contributed by atoms with Crippen molar-refractivity contribution in [3.8, 4) is 6.07 Å². The molecule has 0 aliphatic rings. The third-order valence-corrected chi connectivity index (χ3v) is 2.78. The van der Waals surface area contributed by atoms with Gasteiger partial charge in [-0.05, 0) is 23.6 Å². The first-order chi connectivity index (χ1) is 9.58. The number of benzene rings is 1. The Kier molecular flexibility index (Phi) is 4.11. The molecule has 0 aliphatic carbocycles. The highest BCUT2D eigenvalue weighted by Crippen LogP contribution is 2.18. The topological polar surface area (TPSA) is 83.6 Å². The molecule has 1 aromatic carbocycles. The fraction of sp³-hybridized carbons (Fsp3) is 0.286. The molecule has 1 heterocycles. The lowest BCUT2D eigenvalue weighted by Crippen LogP contribution is -2.19. The maximum atomic E-state index is 11.9. The first kappa shape index (κ1) is 13.7. The van der Waals surface area contributed by atoms with Crippen molar-refractivity contribution in [1.82, 2.24) is 14.8 Å². The Balaban J connectivity index is 2.01. The van der Waals surface area contributed by atoms with Crippen LogP contribution in [-0.2, 0) is 11.3 Å². The highest BCUT2D eigenvalue weighted by atomic mass is 16.2. The number of carbonyl (C=O) groups is 1. The van der Waals surface area contributed by atoms with Crippen LogP contribution in [0.4, 0.5) is 5.69 Å². The molecular formula is C14H15N5O. The summed E-state index contributed by atoms with van der Waals surface area (Å²) < 4.78 is 1.33. The average Bonchev–Trinajstić information content (AvgIpc) is 2.86. The Morgan fingerprint density at radius 1 is 1.50 bits per heavy atom. The monoisotopic (exact) mass is 269 g/mol. The van der Waals surface area contributed by atoms with Crippen molar-refractivity contribution in [2.24, 2.45) is 0 Å². The number of amides is 1. The number of aromatic nitrogens is 3. The smallest absolute Gasteiger partial charge is 0.252 e. The molecular weight excluding hydrogens is 254 g/mol. The normalized spacial score (nSPS) is 10.3. The van der Waals surface area contributed by atoms with E-state index in [1.165, 1.54) is 11.0 Å². The van der Waals surface area contributed by atoms with Crippen LogP contribution < -0.4 is 5.32 Å². The fourth-order valence-electron chi connectivity index (χ4n) is 1.75. The summed E-state index contributed by atoms with van der Waals surface area (Å²) >= 11 is 0. The molecule has 102 valence electrons. The maximum Gasteiger partial charge on any atom is 0.252 e. The summed E-state index contributed by atoms with van der Waals surface area (Å²) in [6, 6.07) is 9.54. The van der Waals surface area contributed by atoms with Crippen molar-refractivity contribution >= 4 is 11.6 Å². The number of rotatable bonds is 4. The van der Waals surface area contributed by atoms with Gasteiger partial charge in [0.2, 0.25) is 5.91 Å². The van der Waals surface area contributed by atoms with Gasteiger partial charge in [0.15, 0.2) is 0 Å². The molecule has 1 N–H and O–H groups in total. The quantitative estimate of drug-likeness (QED) is 0.919. The van der Waals surface area contributed by atoms with E-state index in [2.05, 4.69) is 29.2 Å². The molecule has 1 aromatic heterocycles. The van der Waals surface area contributed by atoms with E-state index >= 15 is 0 Å². The lowest BCUT2D eigenvalue weighted by molar-refractivity contribution is -0.116. The predicted octanol–water partition coefficient (Wildman–Crippen LogP) is 1.91. The van der Waals surface area contributed by atoms with Crippen LogP contribution in [0.1, 0.15) is 31.2 Å². The summed E-state index contributed by atoms with van der Waals surface area (Å²) in [6.07, 6.45) is 1.36. The zero-order chi connectivity index (χ0) is 14.5. The standard InChI is InChI=1S/C14H15N5O/c1-10(2)11-4-3-5-12(6-11)17-14(20)8-19-9-16-13(7-15)18-19/h3-6,9-10H,8H2,1-2H3,(H,17,20). The Bertz CT molecular complexity index is 654. The van der Waals surface area contributed by atoms with Gasteiger partial charge in [0.05, 0.1) is 0 Å². The molecule has 6 heteroatoms. The van der Waals surface area contributed by atoms with Gasteiger partial charge in [0.1, 0.15) is 18.9 Å². The van der Waals surface area contributed by atoms with Crippen LogP contribution in [-0.4, -0.2) is 20.7 Å². The second-order valence-electron chi connectivity index (χ2n) is 4.71. The molecule has 0 unspecified atom stereocenters. The fourth-order valence-corrected chi connectivity index (χ4v) is 1.75. The van der Waals surface area contributed by atoms with Crippen molar-refractivity contribution < 1.29 is 4.79 Å². The van der Waals surface area contributed by atoms with Gasteiger partial charge in [0.25, 0.3) is 5.82 Å². The van der Waals surface area contributed by atoms with Crippen molar-refractivity contribution in [2.75, 3.05) is 5.32 Å². The Morgan fingerprint density at radius 3 is 2.95 bits per heavy atom. The van der Waals surface area contributed by atoms with Crippen LogP contribution in [0, 0.1) is 11.3 Å². The van der Waals surface area contributed by atoms with Gasteiger partial charge in [0, 0.05) is 5.69 Å². The largest absolute Gasteiger partial charge is 0.324 e. The van der Waals surface area contributed by atoms with Crippen LogP contribution in [0.2, 0.25) is 0 Å². The third kappa shape index (κ3) is 3.42. The highest BCUT2D eigenvalue weighted by Gasteiger charge is 2.07. The summed E-state index contributed by atoms with van der Waals surface area (Å²) in [5.41, 5.74) is 1.91. The number of nitriles is 1. The summed E-state index contributed by atoms with van der Waals surface area (Å²) in [7, 11) is 0. The second kappa shape index (κ2) is 5.97. The molecule has 0 saturated heterocycles. The van der Waals surface area contributed by atoms with E-state index in [-0.39, 0.29) is 18.3 Å². The Morgan fingerprint density at radius 2 is 2.30 bits per heavy atom. The van der Waals surface area contributed by atoms with E-state index < -0.39 is 0 Å². The van der Waals surface area contributed by atoms with E-state index in [4.69, 9.17) is 5.26 Å². The van der Waals surface area contributed by atoms with Crippen LogP contribution >= 0.6 is 0 Å². The van der Waals surface area contributed by atoms with Crippen LogP contribution in [0.5, 0.6) is 0 Å². The van der Waals surface area contributed by atoms with Crippen molar-refractivity contribution in [3.05, 3.63) is 42.0 Å². The van der Waals surface area contributed by atoms with Gasteiger partial charge in [-0.2, -0.15) is 5.26 Å². The SMILES string of the molecule is CC(C)c1cccc(NC(=O)Cn2cnc(C#N)n2)c1. The molecule has 20 heavy (non-hydrogen) atoms. The lowest BCUT2D eigenvalue weighted by atomic mass is 10.0. The van der Waals surface area contributed by atoms with E-state index in [1.807, 2.05) is 30.3 Å². The second-order valence-corrected chi connectivity index (χ2v) is 4.71. The van der Waals surface area contributed by atoms with E-state index in [1.54, 1.807) is 0 Å². The van der Waals surface area contributed by atoms with Crippen molar-refractivity contribution in [2.45, 2.75) is 26.3 Å². The zero-order valence-corrected chi connectivity index (χ0v) is 11.4. The number of hydrogen-bond acceptors (Lipinski definition) is 4. The molecule has 2 aromatic rings. The molecule has 2 rings (SSSR count). The number of anilines is 1. The third-order valence-electron chi connectivity index (χ3n) is 2.78. The minimum Gasteiger partial charge on any atom is -0.324 e. The van der Waals surface area contributed by atoms with E-state index in [0.29, 0.717) is 5.92 Å². The van der Waals surface area contributed by atoms with Gasteiger partial charge >= 0.3 is 0 Å². The lowest BCUT2D eigenvalue weighted by Gasteiger charge is -2.09. The summed E-state index contributed by atoms with van der Waals surface area (Å²) in [6.45, 7) is 4.22. The van der Waals surface area contributed by atoms with Crippen LogP contribution in [0.15, 0.2) is 30.6 Å². The van der Waals surface area contributed by atoms with Crippen molar-refractivity contribution in [1.29, 1.82) is 5.26 Å². The molecule has 0 fully saturated rings. The molecule has 0 spiro atoms. The Labute approximate surface area is 117 Å². The average molecular weight is 269 g/mol. The zero-order valence-electron chi connectivity index (χ0n) is 11.4. The van der Waals surface area contributed by atoms with Crippen molar-refractivity contribution in [3.63, 3.8) is 0 Å². The predicted molar refractivity (Wildman–Crippen MR) is 73.9 cm³/mol. The maximum absolute atomic E-state index is 11.9. The number of hydrogen-bond donors (Lipinski definition) is 1. The van der Waals surface area contributed by atoms with Gasteiger partial charge in [-0.1, -0.05) is 26.0 Å². The molecule has 0 aliphatic heterocycles. The van der Waals surface area contributed by atoms with Crippen LogP contribution in [0.3, 0.4) is 0 Å². The molecule has 1 amide bonds. The highest BCUT2D eigenvalue weighted by molar-refractivity contribution is 5.90. The molecule has 0 saturated carbocycles. The van der Waals surface area contributed by atoms with Gasteiger partial charge in [-0.15, -0.1) is 5.10 Å². The van der Waals surface area contributed by atoms with E-state index in [9.17, 15) is 4.79 Å². The molecule has 0 atom stereocenters. The summed E-state index contributed by atoms with van der Waals surface area (Å²) in [5, 5.41) is 15.3. The minimum absolute atomic E-state index is 0.0284. The summed E-state index contributed by atoms with van der Waals surface area (Å²) in [5.74, 6) is 0.250. The van der Waals surface area contributed by atoms with Gasteiger partial charge in [-0.3, -0.25) is 4.79 Å². The number of nitrogens with one attached hydrogen (secondary N) is 1. The number of nitrogens with zero attached hydrogens (tertiary/aromatic N) is 4. The van der Waals surface area contributed by atoms with E-state index in [0.717, 1.165) is 11.3 Å². The number of carbonyl (C=O) groups excluding carboxylic acids is 1. The molecule has 0 bridgehead atoms. The minimum atomic E-state index is -0.208. The Hall–Kier alpha value is -2.68. The first-order valence-electron chi connectivity index (χ1n) is 6.28. The molecule has 0 radical (unpaired) electrons. The van der Waals surface area contributed by atoms with Gasteiger partial charge in [-0.25, -0.2) is 9.67 Å². The first-order valence-corrected chi connectivity index (χ1v) is 6.28. The summed E-state index contributed by atoms with van der Waals surface area (Å²) in [4.78, 5) is 15.6.